The Kier molecular flexibility index (Phi) is 11.1. The van der Waals surface area contributed by atoms with Crippen LogP contribution in [0.25, 0.3) is 0 Å². The Labute approximate surface area is 217 Å². The molecule has 0 heterocycles. The van der Waals surface area contributed by atoms with Gasteiger partial charge in [0.1, 0.15) is 6.04 Å². The van der Waals surface area contributed by atoms with Crippen LogP contribution >= 0.6 is 35.0 Å². The number of hydrogen-bond donors (Lipinski definition) is 1. The molecule has 1 saturated carbocycles. The number of hydrogen-bond acceptors (Lipinski definition) is 3. The van der Waals surface area contributed by atoms with Crippen molar-refractivity contribution in [1.82, 2.24) is 10.2 Å². The largest absolute Gasteiger partial charge is 0.352 e. The number of carbonyl (C=O) groups is 2. The van der Waals surface area contributed by atoms with Gasteiger partial charge in [-0.25, -0.2) is 0 Å². The third kappa shape index (κ3) is 8.21. The van der Waals surface area contributed by atoms with E-state index < -0.39 is 6.04 Å². The van der Waals surface area contributed by atoms with Crippen LogP contribution in [0.2, 0.25) is 10.0 Å². The Balaban J connectivity index is 1.67. The summed E-state index contributed by atoms with van der Waals surface area (Å²) in [5, 5.41) is 4.14. The van der Waals surface area contributed by atoms with Crippen molar-refractivity contribution in [3.8, 4) is 0 Å². The van der Waals surface area contributed by atoms with Gasteiger partial charge in [0, 0.05) is 30.5 Å². The third-order valence-electron chi connectivity index (χ3n) is 6.25. The minimum Gasteiger partial charge on any atom is -0.352 e. The van der Waals surface area contributed by atoms with Crippen LogP contribution in [0.3, 0.4) is 0 Å². The second-order valence-corrected chi connectivity index (χ2v) is 10.7. The number of carbonyl (C=O) groups excluding carboxylic acids is 2. The monoisotopic (exact) mass is 520 g/mol. The first kappa shape index (κ1) is 26.9. The van der Waals surface area contributed by atoms with E-state index in [1.54, 1.807) is 28.8 Å². The molecule has 7 heteroatoms. The van der Waals surface area contributed by atoms with Gasteiger partial charge in [-0.2, -0.15) is 11.8 Å². The van der Waals surface area contributed by atoms with Gasteiger partial charge in [-0.1, -0.05) is 85.8 Å². The van der Waals surface area contributed by atoms with E-state index in [1.165, 1.54) is 12.0 Å². The van der Waals surface area contributed by atoms with Crippen molar-refractivity contribution < 1.29 is 9.59 Å². The van der Waals surface area contributed by atoms with Crippen molar-refractivity contribution in [2.45, 2.75) is 76.3 Å². The van der Waals surface area contributed by atoms with Crippen LogP contribution in [0.1, 0.15) is 63.0 Å². The van der Waals surface area contributed by atoms with Crippen LogP contribution in [0.15, 0.2) is 48.5 Å². The Morgan fingerprint density at radius 2 is 1.76 bits per heavy atom. The summed E-state index contributed by atoms with van der Waals surface area (Å²) in [7, 11) is 0. The zero-order valence-corrected chi connectivity index (χ0v) is 22.1. The summed E-state index contributed by atoms with van der Waals surface area (Å²) in [6.45, 7) is 2.29. The van der Waals surface area contributed by atoms with E-state index in [1.807, 2.05) is 31.2 Å². The van der Waals surface area contributed by atoms with Crippen LogP contribution in [0.5, 0.6) is 0 Å². The SMILES string of the molecule is CC[C@@H](C(=O)NC1CCCCC1)N(Cc1ccc(Cl)c(Cl)c1)C(=O)CCSCc1ccccc1. The molecule has 0 aliphatic heterocycles. The molecule has 0 unspecified atom stereocenters. The predicted molar refractivity (Wildman–Crippen MR) is 143 cm³/mol. The molecule has 1 fully saturated rings. The number of rotatable bonds is 11. The van der Waals surface area contributed by atoms with Gasteiger partial charge in [0.25, 0.3) is 0 Å². The van der Waals surface area contributed by atoms with Crippen molar-refractivity contribution in [2.24, 2.45) is 0 Å². The van der Waals surface area contributed by atoms with Crippen molar-refractivity contribution in [2.75, 3.05) is 5.75 Å². The average Bonchev–Trinajstić information content (AvgIpc) is 2.85. The molecule has 2 aromatic rings. The Hall–Kier alpha value is -1.69. The summed E-state index contributed by atoms with van der Waals surface area (Å²) >= 11 is 14.0. The highest BCUT2D eigenvalue weighted by Gasteiger charge is 2.30. The van der Waals surface area contributed by atoms with Gasteiger partial charge < -0.3 is 10.2 Å². The lowest BCUT2D eigenvalue weighted by molar-refractivity contribution is -0.141. The Morgan fingerprint density at radius 1 is 1.03 bits per heavy atom. The fraction of sp³-hybridized carbons (Fsp3) is 0.481. The highest BCUT2D eigenvalue weighted by Crippen LogP contribution is 2.25. The van der Waals surface area contributed by atoms with E-state index in [4.69, 9.17) is 23.2 Å². The smallest absolute Gasteiger partial charge is 0.243 e. The fourth-order valence-corrected chi connectivity index (χ4v) is 5.58. The predicted octanol–water partition coefficient (Wildman–Crippen LogP) is 6.87. The summed E-state index contributed by atoms with van der Waals surface area (Å²) in [6, 6.07) is 15.3. The molecule has 0 bridgehead atoms. The molecule has 0 aromatic heterocycles. The summed E-state index contributed by atoms with van der Waals surface area (Å²) in [6.07, 6.45) is 6.48. The van der Waals surface area contributed by atoms with Gasteiger partial charge in [0.05, 0.1) is 10.0 Å². The second kappa shape index (κ2) is 14.0. The molecule has 1 atom stereocenters. The van der Waals surface area contributed by atoms with Crippen molar-refractivity contribution in [3.05, 3.63) is 69.7 Å². The molecule has 1 aliphatic rings. The van der Waals surface area contributed by atoms with Crippen molar-refractivity contribution >= 4 is 46.8 Å². The molecule has 1 N–H and O–H groups in total. The first-order valence-electron chi connectivity index (χ1n) is 12.1. The van der Waals surface area contributed by atoms with Crippen LogP contribution in [-0.2, 0) is 21.9 Å². The molecule has 0 spiro atoms. The van der Waals surface area contributed by atoms with E-state index in [-0.39, 0.29) is 17.9 Å². The van der Waals surface area contributed by atoms with Crippen LogP contribution in [-0.4, -0.2) is 34.6 Å². The standard InChI is InChI=1S/C27H34Cl2N2O2S/c1-2-25(27(33)30-22-11-7-4-8-12-22)31(18-21-13-14-23(28)24(29)17-21)26(32)15-16-34-19-20-9-5-3-6-10-20/h3,5-6,9-10,13-14,17,22,25H,2,4,7-8,11-12,15-16,18-19H2,1H3,(H,30,33)/t25-/m0/s1. The third-order valence-corrected chi connectivity index (χ3v) is 8.02. The lowest BCUT2D eigenvalue weighted by Crippen LogP contribution is -2.51. The lowest BCUT2D eigenvalue weighted by Gasteiger charge is -2.33. The number of nitrogens with zero attached hydrogens (tertiary/aromatic N) is 1. The molecule has 1 aliphatic carbocycles. The van der Waals surface area contributed by atoms with Gasteiger partial charge >= 0.3 is 0 Å². The normalized spacial score (nSPS) is 15.0. The van der Waals surface area contributed by atoms with Crippen LogP contribution in [0.4, 0.5) is 0 Å². The number of thioether (sulfide) groups is 1. The maximum atomic E-state index is 13.4. The number of amides is 2. The minimum atomic E-state index is -0.511. The van der Waals surface area contributed by atoms with E-state index in [9.17, 15) is 9.59 Å². The second-order valence-electron chi connectivity index (χ2n) is 8.83. The molecular formula is C27H34Cl2N2O2S. The summed E-state index contributed by atoms with van der Waals surface area (Å²) < 4.78 is 0. The fourth-order valence-electron chi connectivity index (χ4n) is 4.37. The van der Waals surface area contributed by atoms with E-state index in [0.29, 0.717) is 35.2 Å². The van der Waals surface area contributed by atoms with Gasteiger partial charge in [0.2, 0.25) is 11.8 Å². The van der Waals surface area contributed by atoms with Gasteiger partial charge in [0.15, 0.2) is 0 Å². The zero-order chi connectivity index (χ0) is 24.3. The highest BCUT2D eigenvalue weighted by atomic mass is 35.5. The van der Waals surface area contributed by atoms with Crippen molar-refractivity contribution in [3.63, 3.8) is 0 Å². The number of halogens is 2. The van der Waals surface area contributed by atoms with E-state index >= 15 is 0 Å². The van der Waals surface area contributed by atoms with Gasteiger partial charge in [-0.15, -0.1) is 0 Å². The highest BCUT2D eigenvalue weighted by molar-refractivity contribution is 7.98. The minimum absolute atomic E-state index is 0.0164. The van der Waals surface area contributed by atoms with Gasteiger partial charge in [-0.05, 0) is 42.5 Å². The molecule has 2 amide bonds. The lowest BCUT2D eigenvalue weighted by atomic mass is 9.95. The zero-order valence-electron chi connectivity index (χ0n) is 19.8. The molecule has 0 radical (unpaired) electrons. The number of benzene rings is 2. The molecule has 4 nitrogen and oxygen atoms in total. The Morgan fingerprint density at radius 3 is 2.44 bits per heavy atom. The first-order valence-corrected chi connectivity index (χ1v) is 14.0. The Bertz CT molecular complexity index is 935. The van der Waals surface area contributed by atoms with E-state index in [2.05, 4.69) is 17.4 Å². The molecule has 2 aromatic carbocycles. The topological polar surface area (TPSA) is 49.4 Å². The molecule has 184 valence electrons. The summed E-state index contributed by atoms with van der Waals surface area (Å²) in [5.41, 5.74) is 2.11. The van der Waals surface area contributed by atoms with Gasteiger partial charge in [-0.3, -0.25) is 9.59 Å². The maximum Gasteiger partial charge on any atom is 0.243 e. The quantitative estimate of drug-likeness (QED) is 0.328. The van der Waals surface area contributed by atoms with E-state index in [0.717, 1.165) is 37.0 Å². The number of nitrogens with one attached hydrogen (secondary N) is 1. The van der Waals surface area contributed by atoms with Crippen molar-refractivity contribution in [1.29, 1.82) is 0 Å². The average molecular weight is 522 g/mol. The molecule has 34 heavy (non-hydrogen) atoms. The summed E-state index contributed by atoms with van der Waals surface area (Å²) in [5.74, 6) is 1.49. The molecular weight excluding hydrogens is 487 g/mol. The summed E-state index contributed by atoms with van der Waals surface area (Å²) in [4.78, 5) is 28.4. The molecule has 3 rings (SSSR count). The molecule has 0 saturated heterocycles. The van der Waals surface area contributed by atoms with Crippen LogP contribution in [0, 0.1) is 0 Å². The first-order chi connectivity index (χ1) is 16.5. The maximum absolute atomic E-state index is 13.4. The van der Waals surface area contributed by atoms with Crippen LogP contribution < -0.4 is 5.32 Å².